The first kappa shape index (κ1) is 17.5. The summed E-state index contributed by atoms with van der Waals surface area (Å²) in [5, 5.41) is 19.8. The van der Waals surface area contributed by atoms with Gasteiger partial charge in [0.05, 0.1) is 9.82 Å². The van der Waals surface area contributed by atoms with Gasteiger partial charge in [0.1, 0.15) is 0 Å². The van der Waals surface area contributed by atoms with E-state index >= 15 is 0 Å². The van der Waals surface area contributed by atoms with E-state index in [0.717, 1.165) is 6.07 Å². The highest BCUT2D eigenvalue weighted by Gasteiger charge is 2.28. The maximum Gasteiger partial charge on any atom is 0.271 e. The maximum absolute atomic E-state index is 12.5. The summed E-state index contributed by atoms with van der Waals surface area (Å²) >= 11 is 0. The normalized spacial score (nSPS) is 12.4. The van der Waals surface area contributed by atoms with E-state index in [4.69, 9.17) is 5.11 Å². The molecule has 0 aliphatic rings. The van der Waals surface area contributed by atoms with Crippen LogP contribution in [0.5, 0.6) is 0 Å². The Morgan fingerprint density at radius 1 is 1.33 bits per heavy atom. The molecular formula is C13H20N2O5S. The quantitative estimate of drug-likeness (QED) is 0.612. The number of nitro benzene ring substituents is 1. The van der Waals surface area contributed by atoms with E-state index in [9.17, 15) is 18.5 Å². The lowest BCUT2D eigenvalue weighted by atomic mass is 10.0. The molecule has 0 unspecified atom stereocenters. The number of hydrogen-bond donors (Lipinski definition) is 2. The average molecular weight is 316 g/mol. The lowest BCUT2D eigenvalue weighted by molar-refractivity contribution is -0.385. The molecule has 0 atom stereocenters. The Labute approximate surface area is 124 Å². The lowest BCUT2D eigenvalue weighted by Crippen LogP contribution is -2.44. The minimum atomic E-state index is -3.91. The second-order valence-corrected chi connectivity index (χ2v) is 7.26. The molecule has 118 valence electrons. The van der Waals surface area contributed by atoms with Gasteiger partial charge in [-0.05, 0) is 45.2 Å². The Kier molecular flexibility index (Phi) is 5.08. The summed E-state index contributed by atoms with van der Waals surface area (Å²) in [7, 11) is -3.91. The predicted octanol–water partition coefficient (Wildman–Crippen LogP) is 1.65. The molecule has 0 aliphatic heterocycles. The van der Waals surface area contributed by atoms with Crippen molar-refractivity contribution >= 4 is 15.7 Å². The van der Waals surface area contributed by atoms with Gasteiger partial charge < -0.3 is 5.11 Å². The Morgan fingerprint density at radius 3 is 2.38 bits per heavy atom. The van der Waals surface area contributed by atoms with Crippen LogP contribution in [0.3, 0.4) is 0 Å². The number of nitrogens with zero attached hydrogens (tertiary/aromatic N) is 1. The van der Waals surface area contributed by atoms with Gasteiger partial charge in [-0.2, -0.15) is 0 Å². The van der Waals surface area contributed by atoms with Crippen LogP contribution in [0.4, 0.5) is 5.69 Å². The second kappa shape index (κ2) is 6.08. The van der Waals surface area contributed by atoms with E-state index in [1.54, 1.807) is 27.7 Å². The van der Waals surface area contributed by atoms with E-state index in [2.05, 4.69) is 4.72 Å². The molecule has 0 aromatic heterocycles. The molecule has 0 amide bonds. The van der Waals surface area contributed by atoms with Gasteiger partial charge in [-0.15, -0.1) is 0 Å². The van der Waals surface area contributed by atoms with E-state index < -0.39 is 20.5 Å². The zero-order valence-corrected chi connectivity index (χ0v) is 13.3. The summed E-state index contributed by atoms with van der Waals surface area (Å²) in [5.41, 5.74) is -0.116. The third-order valence-corrected chi connectivity index (χ3v) is 5.08. The fraction of sp³-hybridized carbons (Fsp3) is 0.538. The number of hydrogen-bond acceptors (Lipinski definition) is 5. The summed E-state index contributed by atoms with van der Waals surface area (Å²) in [6.07, 6.45) is 0.235. The predicted molar refractivity (Wildman–Crippen MR) is 78.7 cm³/mol. The van der Waals surface area contributed by atoms with E-state index in [1.807, 2.05) is 0 Å². The third kappa shape index (κ3) is 4.23. The number of sulfonamides is 1. The van der Waals surface area contributed by atoms with Crippen LogP contribution >= 0.6 is 0 Å². The van der Waals surface area contributed by atoms with Crippen molar-refractivity contribution in [3.8, 4) is 0 Å². The fourth-order valence-corrected chi connectivity index (χ4v) is 3.72. The van der Waals surface area contributed by atoms with Gasteiger partial charge in [0.15, 0.2) is 0 Å². The van der Waals surface area contributed by atoms with Gasteiger partial charge in [-0.25, -0.2) is 13.1 Å². The Morgan fingerprint density at radius 2 is 1.90 bits per heavy atom. The molecule has 0 saturated heterocycles. The first-order chi connectivity index (χ1) is 9.50. The van der Waals surface area contributed by atoms with Gasteiger partial charge in [0.2, 0.25) is 10.0 Å². The van der Waals surface area contributed by atoms with Crippen LogP contribution in [0.25, 0.3) is 0 Å². The zero-order chi connectivity index (χ0) is 16.4. The lowest BCUT2D eigenvalue weighted by Gasteiger charge is -2.25. The number of nitrogens with one attached hydrogen (secondary N) is 1. The summed E-state index contributed by atoms with van der Waals surface area (Å²) in [6, 6.07) is 2.40. The van der Waals surface area contributed by atoms with Gasteiger partial charge >= 0.3 is 0 Å². The molecule has 1 rings (SSSR count). The fourth-order valence-electron chi connectivity index (χ4n) is 1.94. The number of non-ortho nitro benzene ring substituents is 1. The average Bonchev–Trinajstić information content (AvgIpc) is 2.30. The summed E-state index contributed by atoms with van der Waals surface area (Å²) in [5.74, 6) is 0. The van der Waals surface area contributed by atoms with E-state index in [0.29, 0.717) is 11.1 Å². The van der Waals surface area contributed by atoms with Gasteiger partial charge in [0, 0.05) is 24.3 Å². The van der Waals surface area contributed by atoms with Crippen LogP contribution in [0.1, 0.15) is 31.4 Å². The number of aliphatic hydroxyl groups is 1. The van der Waals surface area contributed by atoms with Crippen molar-refractivity contribution in [1.82, 2.24) is 4.72 Å². The van der Waals surface area contributed by atoms with Crippen LogP contribution in [-0.2, 0) is 10.0 Å². The minimum Gasteiger partial charge on any atom is -0.396 e. The molecule has 0 radical (unpaired) electrons. The third-order valence-electron chi connectivity index (χ3n) is 3.25. The molecule has 0 heterocycles. The Hall–Kier alpha value is -1.51. The Bertz CT molecular complexity index is 653. The van der Waals surface area contributed by atoms with Crippen molar-refractivity contribution < 1.29 is 18.4 Å². The molecule has 8 heteroatoms. The molecule has 7 nitrogen and oxygen atoms in total. The van der Waals surface area contributed by atoms with Crippen LogP contribution in [0, 0.1) is 24.0 Å². The van der Waals surface area contributed by atoms with Crippen molar-refractivity contribution in [2.24, 2.45) is 0 Å². The largest absolute Gasteiger partial charge is 0.396 e. The van der Waals surface area contributed by atoms with Crippen LogP contribution in [-0.4, -0.2) is 30.6 Å². The van der Waals surface area contributed by atoms with Crippen molar-refractivity contribution in [3.63, 3.8) is 0 Å². The first-order valence-electron chi connectivity index (χ1n) is 6.40. The summed E-state index contributed by atoms with van der Waals surface area (Å²) in [6.45, 7) is 6.34. The highest BCUT2D eigenvalue weighted by atomic mass is 32.2. The SMILES string of the molecule is Cc1cc([N+](=O)[O-])cc(S(=O)(=O)NC(C)(C)CCO)c1C. The molecule has 21 heavy (non-hydrogen) atoms. The molecule has 0 aliphatic carbocycles. The first-order valence-corrected chi connectivity index (χ1v) is 7.89. The molecule has 0 fully saturated rings. The number of aryl methyl sites for hydroxylation is 1. The molecule has 0 saturated carbocycles. The van der Waals surface area contributed by atoms with Crippen molar-refractivity contribution in [3.05, 3.63) is 33.4 Å². The standard InChI is InChI=1S/C13H20N2O5S/c1-9-7-11(15(17)18)8-12(10(9)2)21(19,20)14-13(3,4)5-6-16/h7-8,14,16H,5-6H2,1-4H3. The topological polar surface area (TPSA) is 110 Å². The van der Waals surface area contributed by atoms with Gasteiger partial charge in [-0.1, -0.05) is 0 Å². The summed E-state index contributed by atoms with van der Waals surface area (Å²) < 4.78 is 27.4. The van der Waals surface area contributed by atoms with Crippen molar-refractivity contribution in [2.75, 3.05) is 6.61 Å². The number of aliphatic hydroxyl groups excluding tert-OH is 1. The molecular weight excluding hydrogens is 296 g/mol. The maximum atomic E-state index is 12.5. The molecule has 2 N–H and O–H groups in total. The molecule has 0 bridgehead atoms. The van der Waals surface area contributed by atoms with Crippen molar-refractivity contribution in [2.45, 2.75) is 44.6 Å². The number of benzene rings is 1. The monoisotopic (exact) mass is 316 g/mol. The Balaban J connectivity index is 3.35. The van der Waals surface area contributed by atoms with Crippen LogP contribution < -0.4 is 4.72 Å². The van der Waals surface area contributed by atoms with Crippen molar-refractivity contribution in [1.29, 1.82) is 0 Å². The van der Waals surface area contributed by atoms with E-state index in [1.165, 1.54) is 6.07 Å². The smallest absolute Gasteiger partial charge is 0.271 e. The highest BCUT2D eigenvalue weighted by molar-refractivity contribution is 7.89. The van der Waals surface area contributed by atoms with Crippen LogP contribution in [0.15, 0.2) is 17.0 Å². The highest BCUT2D eigenvalue weighted by Crippen LogP contribution is 2.26. The molecule has 1 aromatic rings. The van der Waals surface area contributed by atoms with Gasteiger partial charge in [0.25, 0.3) is 5.69 Å². The second-order valence-electron chi connectivity index (χ2n) is 5.61. The molecule has 1 aromatic carbocycles. The number of rotatable bonds is 6. The summed E-state index contributed by atoms with van der Waals surface area (Å²) in [4.78, 5) is 10.2. The van der Waals surface area contributed by atoms with Crippen LogP contribution in [0.2, 0.25) is 0 Å². The van der Waals surface area contributed by atoms with E-state index in [-0.39, 0.29) is 23.6 Å². The number of nitro groups is 1. The molecule has 0 spiro atoms. The minimum absolute atomic E-state index is 0.111. The zero-order valence-electron chi connectivity index (χ0n) is 12.5. The van der Waals surface area contributed by atoms with Gasteiger partial charge in [-0.3, -0.25) is 10.1 Å².